The summed E-state index contributed by atoms with van der Waals surface area (Å²) in [4.78, 5) is 18.9. The molecule has 1 amide bonds. The molecule has 1 aliphatic rings. The molecule has 0 saturated carbocycles. The van der Waals surface area contributed by atoms with Crippen LogP contribution in [0.1, 0.15) is 30.7 Å². The molecule has 7 heteroatoms. The van der Waals surface area contributed by atoms with E-state index in [1.54, 1.807) is 11.0 Å². The van der Waals surface area contributed by atoms with Crippen LogP contribution in [0.5, 0.6) is 5.75 Å². The summed E-state index contributed by atoms with van der Waals surface area (Å²) in [6.07, 6.45) is 0.330. The molecule has 0 aliphatic carbocycles. The summed E-state index contributed by atoms with van der Waals surface area (Å²) >= 11 is 6.03. The van der Waals surface area contributed by atoms with E-state index < -0.39 is 0 Å². The van der Waals surface area contributed by atoms with E-state index in [9.17, 15) is 4.79 Å². The van der Waals surface area contributed by atoms with E-state index in [1.165, 1.54) is 0 Å². The third-order valence-corrected chi connectivity index (χ3v) is 5.03. The van der Waals surface area contributed by atoms with Crippen LogP contribution in [-0.4, -0.2) is 29.2 Å². The van der Waals surface area contributed by atoms with Gasteiger partial charge in [-0.05, 0) is 49.7 Å². The highest BCUT2D eigenvalue weighted by molar-refractivity contribution is 6.30. The second-order valence-corrected chi connectivity index (χ2v) is 7.16. The fourth-order valence-electron chi connectivity index (χ4n) is 3.47. The SMILES string of the molecule is CCOc1ccccc1-c1noc(C2CC(=O)N(c3ccc(Cl)cc3C)C2)n1. The lowest BCUT2D eigenvalue weighted by Gasteiger charge is -2.18. The van der Waals surface area contributed by atoms with E-state index in [4.69, 9.17) is 20.9 Å². The van der Waals surface area contributed by atoms with Crippen molar-refractivity contribution in [2.45, 2.75) is 26.2 Å². The smallest absolute Gasteiger partial charge is 0.232 e. The molecular formula is C21H20ClN3O3. The predicted octanol–water partition coefficient (Wildman–Crippen LogP) is 4.62. The second kappa shape index (κ2) is 7.64. The highest BCUT2D eigenvalue weighted by Gasteiger charge is 2.35. The number of para-hydroxylation sites is 1. The van der Waals surface area contributed by atoms with Crippen LogP contribution in [0, 0.1) is 6.92 Å². The maximum atomic E-state index is 12.6. The van der Waals surface area contributed by atoms with E-state index >= 15 is 0 Å². The van der Waals surface area contributed by atoms with Gasteiger partial charge in [-0.15, -0.1) is 0 Å². The van der Waals surface area contributed by atoms with E-state index in [2.05, 4.69) is 10.1 Å². The third-order valence-electron chi connectivity index (χ3n) is 4.79. The number of aryl methyl sites for hydroxylation is 1. The van der Waals surface area contributed by atoms with Gasteiger partial charge in [-0.3, -0.25) is 4.79 Å². The minimum absolute atomic E-state index is 0.0323. The molecule has 1 aromatic heterocycles. The van der Waals surface area contributed by atoms with Crippen LogP contribution >= 0.6 is 11.6 Å². The van der Waals surface area contributed by atoms with Crippen molar-refractivity contribution in [3.05, 3.63) is 58.9 Å². The number of nitrogens with zero attached hydrogens (tertiary/aromatic N) is 3. The number of ether oxygens (including phenoxy) is 1. The number of carbonyl (C=O) groups excluding carboxylic acids is 1. The van der Waals surface area contributed by atoms with Gasteiger partial charge in [-0.1, -0.05) is 28.9 Å². The number of hydrogen-bond donors (Lipinski definition) is 0. The molecule has 144 valence electrons. The monoisotopic (exact) mass is 397 g/mol. The van der Waals surface area contributed by atoms with Gasteiger partial charge in [-0.2, -0.15) is 4.98 Å². The van der Waals surface area contributed by atoms with Crippen molar-refractivity contribution in [3.8, 4) is 17.1 Å². The van der Waals surface area contributed by atoms with Crippen molar-refractivity contribution in [3.63, 3.8) is 0 Å². The van der Waals surface area contributed by atoms with Gasteiger partial charge in [0, 0.05) is 23.7 Å². The summed E-state index contributed by atoms with van der Waals surface area (Å²) in [6, 6.07) is 13.1. The molecule has 0 radical (unpaired) electrons. The van der Waals surface area contributed by atoms with Crippen molar-refractivity contribution in [2.24, 2.45) is 0 Å². The van der Waals surface area contributed by atoms with E-state index in [0.29, 0.717) is 42.1 Å². The van der Waals surface area contributed by atoms with Crippen molar-refractivity contribution in [1.29, 1.82) is 0 Å². The molecule has 2 heterocycles. The minimum atomic E-state index is -0.150. The number of benzene rings is 2. The molecule has 1 unspecified atom stereocenters. The Balaban J connectivity index is 1.58. The van der Waals surface area contributed by atoms with Crippen LogP contribution in [0.2, 0.25) is 5.02 Å². The lowest BCUT2D eigenvalue weighted by atomic mass is 10.1. The Morgan fingerprint density at radius 1 is 1.29 bits per heavy atom. The van der Waals surface area contributed by atoms with Crippen molar-refractivity contribution in [1.82, 2.24) is 10.1 Å². The summed E-state index contributed by atoms with van der Waals surface area (Å²) < 4.78 is 11.1. The third kappa shape index (κ3) is 3.47. The van der Waals surface area contributed by atoms with Crippen LogP contribution in [0.4, 0.5) is 5.69 Å². The number of carbonyl (C=O) groups is 1. The molecule has 0 N–H and O–H groups in total. The second-order valence-electron chi connectivity index (χ2n) is 6.72. The van der Waals surface area contributed by atoms with Gasteiger partial charge in [0.05, 0.1) is 18.1 Å². The molecule has 1 atom stereocenters. The zero-order valence-electron chi connectivity index (χ0n) is 15.7. The Morgan fingerprint density at radius 2 is 2.11 bits per heavy atom. The van der Waals surface area contributed by atoms with Crippen molar-refractivity contribution in [2.75, 3.05) is 18.1 Å². The average molecular weight is 398 g/mol. The highest BCUT2D eigenvalue weighted by Crippen LogP contribution is 2.35. The van der Waals surface area contributed by atoms with Gasteiger partial charge in [0.1, 0.15) is 5.75 Å². The molecular weight excluding hydrogens is 378 g/mol. The Bertz CT molecular complexity index is 1020. The minimum Gasteiger partial charge on any atom is -0.493 e. The topological polar surface area (TPSA) is 68.5 Å². The zero-order chi connectivity index (χ0) is 19.7. The normalized spacial score (nSPS) is 16.6. The fourth-order valence-corrected chi connectivity index (χ4v) is 3.70. The Kier molecular flexibility index (Phi) is 5.05. The van der Waals surface area contributed by atoms with Crippen LogP contribution in [0.3, 0.4) is 0 Å². The Labute approximate surface area is 168 Å². The first kappa shape index (κ1) is 18.5. The fraction of sp³-hybridized carbons (Fsp3) is 0.286. The van der Waals surface area contributed by atoms with Crippen molar-refractivity contribution < 1.29 is 14.1 Å². The van der Waals surface area contributed by atoms with E-state index in [0.717, 1.165) is 16.8 Å². The van der Waals surface area contributed by atoms with Gasteiger partial charge < -0.3 is 14.2 Å². The van der Waals surface area contributed by atoms with Gasteiger partial charge in [0.2, 0.25) is 17.6 Å². The summed E-state index contributed by atoms with van der Waals surface area (Å²) in [5, 5.41) is 4.76. The first-order chi connectivity index (χ1) is 13.6. The van der Waals surface area contributed by atoms with Gasteiger partial charge in [0.25, 0.3) is 0 Å². The summed E-state index contributed by atoms with van der Waals surface area (Å²) in [7, 11) is 0. The van der Waals surface area contributed by atoms with Gasteiger partial charge in [-0.25, -0.2) is 0 Å². The molecule has 4 rings (SSSR count). The first-order valence-corrected chi connectivity index (χ1v) is 9.57. The molecule has 6 nitrogen and oxygen atoms in total. The average Bonchev–Trinajstić information content (AvgIpc) is 3.30. The number of hydrogen-bond acceptors (Lipinski definition) is 5. The summed E-state index contributed by atoms with van der Waals surface area (Å²) in [5.41, 5.74) is 2.59. The van der Waals surface area contributed by atoms with E-state index in [-0.39, 0.29) is 11.8 Å². The van der Waals surface area contributed by atoms with E-state index in [1.807, 2.05) is 50.2 Å². The van der Waals surface area contributed by atoms with Gasteiger partial charge >= 0.3 is 0 Å². The molecule has 0 spiro atoms. The number of halogens is 1. The lowest BCUT2D eigenvalue weighted by Crippen LogP contribution is -2.25. The first-order valence-electron chi connectivity index (χ1n) is 9.19. The molecule has 0 bridgehead atoms. The number of anilines is 1. The number of rotatable bonds is 5. The van der Waals surface area contributed by atoms with Crippen LogP contribution in [0.25, 0.3) is 11.4 Å². The molecule has 1 saturated heterocycles. The van der Waals surface area contributed by atoms with Crippen molar-refractivity contribution >= 4 is 23.2 Å². The molecule has 2 aromatic carbocycles. The molecule has 1 fully saturated rings. The molecule has 28 heavy (non-hydrogen) atoms. The molecule has 3 aromatic rings. The predicted molar refractivity (Wildman–Crippen MR) is 107 cm³/mol. The summed E-state index contributed by atoms with van der Waals surface area (Å²) in [5.74, 6) is 1.52. The van der Waals surface area contributed by atoms with Crippen LogP contribution in [-0.2, 0) is 4.79 Å². The highest BCUT2D eigenvalue weighted by atomic mass is 35.5. The quantitative estimate of drug-likeness (QED) is 0.628. The zero-order valence-corrected chi connectivity index (χ0v) is 16.4. The number of amides is 1. The lowest BCUT2D eigenvalue weighted by molar-refractivity contribution is -0.117. The Hall–Kier alpha value is -2.86. The standard InChI is InChI=1S/C21H20ClN3O3/c1-3-27-18-7-5-4-6-16(18)20-23-21(28-24-20)14-11-19(26)25(12-14)17-9-8-15(22)10-13(17)2/h4-10,14H,3,11-12H2,1-2H3. The maximum Gasteiger partial charge on any atom is 0.232 e. The maximum absolute atomic E-state index is 12.6. The largest absolute Gasteiger partial charge is 0.493 e. The molecule has 1 aliphatic heterocycles. The van der Waals surface area contributed by atoms with Gasteiger partial charge in [0.15, 0.2) is 0 Å². The Morgan fingerprint density at radius 3 is 2.89 bits per heavy atom. The summed E-state index contributed by atoms with van der Waals surface area (Å²) in [6.45, 7) is 4.91. The van der Waals surface area contributed by atoms with Crippen LogP contribution in [0.15, 0.2) is 47.0 Å². The van der Waals surface area contributed by atoms with Crippen LogP contribution < -0.4 is 9.64 Å². The number of aromatic nitrogens is 2.